The van der Waals surface area contributed by atoms with E-state index in [-0.39, 0.29) is 12.4 Å². The van der Waals surface area contributed by atoms with Crippen LogP contribution in [0.3, 0.4) is 0 Å². The van der Waals surface area contributed by atoms with Gasteiger partial charge in [-0.2, -0.15) is 0 Å². The van der Waals surface area contributed by atoms with E-state index in [0.29, 0.717) is 17.9 Å². The maximum absolute atomic E-state index is 11.4. The summed E-state index contributed by atoms with van der Waals surface area (Å²) in [6, 6.07) is 14.9. The molecule has 0 radical (unpaired) electrons. The monoisotopic (exact) mass is 338 g/mol. The van der Waals surface area contributed by atoms with E-state index in [1.807, 2.05) is 35.8 Å². The highest BCUT2D eigenvalue weighted by molar-refractivity contribution is 5.94. The summed E-state index contributed by atoms with van der Waals surface area (Å²) in [5.74, 6) is 1.51. The second-order valence-corrected chi connectivity index (χ2v) is 6.03. The summed E-state index contributed by atoms with van der Waals surface area (Å²) in [5.41, 5.74) is 2.54. The van der Waals surface area contributed by atoms with Gasteiger partial charge in [0.2, 0.25) is 0 Å². The lowest BCUT2D eigenvalue weighted by Gasteiger charge is -2.15. The molecular weight excluding hydrogens is 316 g/mol. The van der Waals surface area contributed by atoms with Crippen molar-refractivity contribution in [2.75, 3.05) is 6.61 Å². The summed E-state index contributed by atoms with van der Waals surface area (Å²) < 4.78 is 7.69. The zero-order valence-corrected chi connectivity index (χ0v) is 14.5. The molecule has 0 amide bonds. The molecule has 1 N–H and O–H groups in total. The highest BCUT2D eigenvalue weighted by atomic mass is 16.5. The van der Waals surface area contributed by atoms with Crippen molar-refractivity contribution in [1.82, 2.24) is 9.55 Å². The minimum Gasteiger partial charge on any atom is -0.491 e. The molecule has 1 unspecified atom stereocenters. The molecule has 25 heavy (non-hydrogen) atoms. The van der Waals surface area contributed by atoms with Gasteiger partial charge in [0.15, 0.2) is 5.78 Å². The first-order valence-corrected chi connectivity index (χ1v) is 8.44. The minimum absolute atomic E-state index is 0.0107. The van der Waals surface area contributed by atoms with Crippen LogP contribution < -0.4 is 4.74 Å². The molecule has 0 aliphatic heterocycles. The molecule has 5 nitrogen and oxygen atoms in total. The molecular formula is C20H22N2O3. The molecule has 0 aliphatic carbocycles. The number of carbonyl (C=O) groups excluding carboxylic acids is 1. The molecule has 1 heterocycles. The van der Waals surface area contributed by atoms with Gasteiger partial charge < -0.3 is 14.4 Å². The van der Waals surface area contributed by atoms with Crippen LogP contribution in [0.4, 0.5) is 0 Å². The number of aromatic nitrogens is 2. The summed E-state index contributed by atoms with van der Waals surface area (Å²) in [7, 11) is 0. The second-order valence-electron chi connectivity index (χ2n) is 6.03. The van der Waals surface area contributed by atoms with Crippen molar-refractivity contribution in [3.63, 3.8) is 0 Å². The lowest BCUT2D eigenvalue weighted by Crippen LogP contribution is -2.24. The number of nitrogens with zero attached hydrogens (tertiary/aromatic N) is 2. The molecule has 1 aromatic heterocycles. The Kier molecular flexibility index (Phi) is 5.14. The van der Waals surface area contributed by atoms with Crippen molar-refractivity contribution in [2.45, 2.75) is 32.9 Å². The number of aliphatic hydroxyl groups excluding tert-OH is 1. The fourth-order valence-corrected chi connectivity index (χ4v) is 2.86. The standard InChI is InChI=1S/C20H22N2O3/c1-3-20-21-18-9-4-5-10-19(18)22(20)12-16(24)13-25-17-8-6-7-15(11-17)14(2)23/h4-11,16,24H,3,12-13H2,1-2H3. The number of ketones is 1. The number of imidazole rings is 1. The van der Waals surface area contributed by atoms with Gasteiger partial charge in [-0.25, -0.2) is 4.98 Å². The Morgan fingerprint density at radius 1 is 1.24 bits per heavy atom. The summed E-state index contributed by atoms with van der Waals surface area (Å²) in [5, 5.41) is 10.4. The molecule has 0 saturated carbocycles. The van der Waals surface area contributed by atoms with Crippen molar-refractivity contribution < 1.29 is 14.6 Å². The van der Waals surface area contributed by atoms with E-state index in [1.165, 1.54) is 6.92 Å². The highest BCUT2D eigenvalue weighted by Gasteiger charge is 2.14. The number of aliphatic hydroxyl groups is 1. The van der Waals surface area contributed by atoms with Gasteiger partial charge in [-0.1, -0.05) is 31.2 Å². The Morgan fingerprint density at radius 3 is 2.80 bits per heavy atom. The van der Waals surface area contributed by atoms with Crippen LogP contribution in [-0.4, -0.2) is 33.2 Å². The van der Waals surface area contributed by atoms with E-state index in [4.69, 9.17) is 4.74 Å². The van der Waals surface area contributed by atoms with E-state index < -0.39 is 6.10 Å². The fraction of sp³-hybridized carbons (Fsp3) is 0.300. The number of para-hydroxylation sites is 2. The van der Waals surface area contributed by atoms with Crippen LogP contribution >= 0.6 is 0 Å². The maximum atomic E-state index is 11.4. The topological polar surface area (TPSA) is 64.3 Å². The van der Waals surface area contributed by atoms with E-state index >= 15 is 0 Å². The van der Waals surface area contributed by atoms with Crippen LogP contribution in [0, 0.1) is 0 Å². The average Bonchev–Trinajstić information content (AvgIpc) is 2.98. The van der Waals surface area contributed by atoms with Gasteiger partial charge in [0.25, 0.3) is 0 Å². The Labute approximate surface area is 146 Å². The molecule has 2 aromatic carbocycles. The van der Waals surface area contributed by atoms with Gasteiger partial charge in [0, 0.05) is 12.0 Å². The molecule has 0 bridgehead atoms. The number of ether oxygens (including phenoxy) is 1. The molecule has 3 rings (SSSR count). The van der Waals surface area contributed by atoms with E-state index in [2.05, 4.69) is 4.98 Å². The zero-order chi connectivity index (χ0) is 17.8. The van der Waals surface area contributed by atoms with Crippen LogP contribution in [0.15, 0.2) is 48.5 Å². The highest BCUT2D eigenvalue weighted by Crippen LogP contribution is 2.18. The normalized spacial score (nSPS) is 12.3. The number of hydrogen-bond donors (Lipinski definition) is 1. The lowest BCUT2D eigenvalue weighted by molar-refractivity contribution is 0.0926. The first-order valence-electron chi connectivity index (χ1n) is 8.44. The maximum Gasteiger partial charge on any atom is 0.159 e. The Morgan fingerprint density at radius 2 is 2.04 bits per heavy atom. The predicted molar refractivity (Wildman–Crippen MR) is 97.1 cm³/mol. The molecule has 0 saturated heterocycles. The Balaban J connectivity index is 1.70. The van der Waals surface area contributed by atoms with Gasteiger partial charge in [-0.05, 0) is 31.2 Å². The molecule has 0 spiro atoms. The number of fused-ring (bicyclic) bond motifs is 1. The minimum atomic E-state index is -0.677. The van der Waals surface area contributed by atoms with Crippen LogP contribution in [0.1, 0.15) is 30.0 Å². The van der Waals surface area contributed by atoms with Gasteiger partial charge in [0.1, 0.15) is 24.3 Å². The fourth-order valence-electron chi connectivity index (χ4n) is 2.86. The zero-order valence-electron chi connectivity index (χ0n) is 14.5. The first kappa shape index (κ1) is 17.2. The molecule has 0 aliphatic rings. The van der Waals surface area contributed by atoms with E-state index in [9.17, 15) is 9.90 Å². The van der Waals surface area contributed by atoms with Crippen molar-refractivity contribution >= 4 is 16.8 Å². The number of aryl methyl sites for hydroxylation is 1. The number of benzene rings is 2. The third-order valence-electron chi connectivity index (χ3n) is 4.13. The average molecular weight is 338 g/mol. The van der Waals surface area contributed by atoms with Gasteiger partial charge in [0.05, 0.1) is 17.6 Å². The molecule has 0 fully saturated rings. The smallest absolute Gasteiger partial charge is 0.159 e. The third kappa shape index (κ3) is 3.88. The Bertz CT molecular complexity index is 886. The second kappa shape index (κ2) is 7.49. The van der Waals surface area contributed by atoms with Crippen molar-refractivity contribution in [3.05, 3.63) is 59.9 Å². The third-order valence-corrected chi connectivity index (χ3v) is 4.13. The van der Waals surface area contributed by atoms with Crippen molar-refractivity contribution in [2.24, 2.45) is 0 Å². The predicted octanol–water partition coefficient (Wildman–Crippen LogP) is 3.24. The molecule has 5 heteroatoms. The van der Waals surface area contributed by atoms with Gasteiger partial charge in [-0.15, -0.1) is 0 Å². The van der Waals surface area contributed by atoms with Gasteiger partial charge in [-0.3, -0.25) is 4.79 Å². The number of rotatable bonds is 7. The Hall–Kier alpha value is -2.66. The summed E-state index contributed by atoms with van der Waals surface area (Å²) in [4.78, 5) is 16.0. The SMILES string of the molecule is CCc1nc2ccccc2n1CC(O)COc1cccc(C(C)=O)c1. The molecule has 3 aromatic rings. The molecule has 130 valence electrons. The van der Waals surface area contributed by atoms with Crippen molar-refractivity contribution in [1.29, 1.82) is 0 Å². The number of hydrogen-bond acceptors (Lipinski definition) is 4. The summed E-state index contributed by atoms with van der Waals surface area (Å²) in [6.07, 6.45) is 0.118. The quantitative estimate of drug-likeness (QED) is 0.672. The van der Waals surface area contributed by atoms with Crippen molar-refractivity contribution in [3.8, 4) is 5.75 Å². The van der Waals surface area contributed by atoms with Crippen LogP contribution in [0.5, 0.6) is 5.75 Å². The van der Waals surface area contributed by atoms with E-state index in [0.717, 1.165) is 23.3 Å². The first-order chi connectivity index (χ1) is 12.1. The summed E-state index contributed by atoms with van der Waals surface area (Å²) >= 11 is 0. The van der Waals surface area contributed by atoms with Crippen LogP contribution in [0.25, 0.3) is 11.0 Å². The largest absolute Gasteiger partial charge is 0.491 e. The van der Waals surface area contributed by atoms with E-state index in [1.54, 1.807) is 24.3 Å². The number of carbonyl (C=O) groups is 1. The van der Waals surface area contributed by atoms with Crippen LogP contribution in [0.2, 0.25) is 0 Å². The lowest BCUT2D eigenvalue weighted by atomic mass is 10.1. The van der Waals surface area contributed by atoms with Crippen LogP contribution in [-0.2, 0) is 13.0 Å². The number of Topliss-reactive ketones (excluding diaryl/α,β-unsaturated/α-hetero) is 1. The molecule has 1 atom stereocenters. The van der Waals surface area contributed by atoms with Gasteiger partial charge >= 0.3 is 0 Å². The summed E-state index contributed by atoms with van der Waals surface area (Å²) in [6.45, 7) is 4.13.